The van der Waals surface area contributed by atoms with E-state index < -0.39 is 6.04 Å². The molecule has 0 saturated carbocycles. The molecule has 0 aromatic heterocycles. The van der Waals surface area contributed by atoms with Gasteiger partial charge in [0.2, 0.25) is 0 Å². The first-order chi connectivity index (χ1) is 9.42. The number of ether oxygens (including phenoxy) is 1. The molecule has 0 fully saturated rings. The normalized spacial score (nSPS) is 12.3. The third-order valence-electron chi connectivity index (χ3n) is 3.00. The van der Waals surface area contributed by atoms with Gasteiger partial charge in [0.15, 0.2) is 0 Å². The van der Waals surface area contributed by atoms with Gasteiger partial charge in [0.25, 0.3) is 0 Å². The molecule has 2 aromatic rings. The van der Waals surface area contributed by atoms with Crippen molar-refractivity contribution >= 4 is 27.5 Å². The van der Waals surface area contributed by atoms with Crippen LogP contribution < -0.4 is 10.5 Å². The average Bonchev–Trinajstić information content (AvgIpc) is 2.35. The quantitative estimate of drug-likeness (QED) is 0.870. The van der Waals surface area contributed by atoms with Gasteiger partial charge in [0.1, 0.15) is 11.6 Å². The van der Waals surface area contributed by atoms with E-state index in [4.69, 9.17) is 22.1 Å². The third-order valence-corrected chi connectivity index (χ3v) is 3.81. The van der Waals surface area contributed by atoms with Crippen LogP contribution in [0.2, 0.25) is 5.02 Å². The van der Waals surface area contributed by atoms with Crippen molar-refractivity contribution in [1.29, 1.82) is 0 Å². The topological polar surface area (TPSA) is 35.2 Å². The van der Waals surface area contributed by atoms with E-state index in [0.29, 0.717) is 26.4 Å². The summed E-state index contributed by atoms with van der Waals surface area (Å²) >= 11 is 9.45. The molecule has 0 aliphatic rings. The van der Waals surface area contributed by atoms with E-state index in [9.17, 15) is 4.39 Å². The Morgan fingerprint density at radius 1 is 1.25 bits per heavy atom. The van der Waals surface area contributed by atoms with Gasteiger partial charge in [-0.15, -0.1) is 0 Å². The molecular weight excluding hydrogens is 345 g/mol. The summed E-state index contributed by atoms with van der Waals surface area (Å²) in [5.41, 5.74) is 8.44. The summed E-state index contributed by atoms with van der Waals surface area (Å²) < 4.78 is 19.6. The van der Waals surface area contributed by atoms with Crippen molar-refractivity contribution < 1.29 is 9.13 Å². The Morgan fingerprint density at radius 3 is 2.55 bits per heavy atom. The van der Waals surface area contributed by atoms with Crippen molar-refractivity contribution in [2.45, 2.75) is 13.0 Å². The van der Waals surface area contributed by atoms with Crippen molar-refractivity contribution in [1.82, 2.24) is 0 Å². The first kappa shape index (κ1) is 15.3. The molecule has 0 amide bonds. The second-order valence-electron chi connectivity index (χ2n) is 4.55. The summed E-state index contributed by atoms with van der Waals surface area (Å²) in [6, 6.07) is 7.67. The van der Waals surface area contributed by atoms with Gasteiger partial charge in [0.05, 0.1) is 17.6 Å². The Kier molecular flexibility index (Phi) is 4.68. The van der Waals surface area contributed by atoms with Crippen LogP contribution in [0.25, 0.3) is 0 Å². The maximum atomic E-state index is 13.5. The third kappa shape index (κ3) is 3.14. The molecule has 0 aliphatic carbocycles. The molecule has 5 heteroatoms. The Labute approximate surface area is 130 Å². The van der Waals surface area contributed by atoms with Crippen LogP contribution in [0, 0.1) is 12.7 Å². The van der Waals surface area contributed by atoms with E-state index >= 15 is 0 Å². The smallest absolute Gasteiger partial charge is 0.138 e. The van der Waals surface area contributed by atoms with Gasteiger partial charge < -0.3 is 10.5 Å². The molecule has 0 bridgehead atoms. The van der Waals surface area contributed by atoms with Gasteiger partial charge in [0, 0.05) is 10.6 Å². The lowest BCUT2D eigenvalue weighted by Gasteiger charge is -2.18. The predicted molar refractivity (Wildman–Crippen MR) is 82.9 cm³/mol. The first-order valence-corrected chi connectivity index (χ1v) is 7.15. The highest BCUT2D eigenvalue weighted by Gasteiger charge is 2.18. The van der Waals surface area contributed by atoms with Crippen molar-refractivity contribution in [3.63, 3.8) is 0 Å². The summed E-state index contributed by atoms with van der Waals surface area (Å²) in [5.74, 6) is 0.291. The van der Waals surface area contributed by atoms with Crippen LogP contribution in [-0.4, -0.2) is 7.11 Å². The molecule has 106 valence electrons. The SMILES string of the molecule is COc1c(Br)cc(Cl)cc1C(N)c1cc(C)cc(F)c1. The molecule has 2 rings (SSSR count). The molecule has 2 nitrogen and oxygen atoms in total. The van der Waals surface area contributed by atoms with E-state index in [1.807, 2.05) is 13.0 Å². The number of hydrogen-bond donors (Lipinski definition) is 1. The molecule has 2 N–H and O–H groups in total. The minimum absolute atomic E-state index is 0.310. The highest BCUT2D eigenvalue weighted by Crippen LogP contribution is 2.37. The molecular formula is C15H14BrClFNO. The molecule has 1 unspecified atom stereocenters. The maximum absolute atomic E-state index is 13.5. The average molecular weight is 359 g/mol. The molecule has 2 aromatic carbocycles. The number of hydrogen-bond acceptors (Lipinski definition) is 2. The van der Waals surface area contributed by atoms with Gasteiger partial charge in [-0.2, -0.15) is 0 Å². The summed E-state index contributed by atoms with van der Waals surface area (Å²) in [5, 5.41) is 0.538. The number of benzene rings is 2. The number of nitrogens with two attached hydrogens (primary N) is 1. The molecule has 20 heavy (non-hydrogen) atoms. The van der Waals surface area contributed by atoms with Crippen molar-refractivity contribution in [3.8, 4) is 5.75 Å². The summed E-state index contributed by atoms with van der Waals surface area (Å²) in [4.78, 5) is 0. The summed E-state index contributed by atoms with van der Waals surface area (Å²) in [7, 11) is 1.56. The van der Waals surface area contributed by atoms with Crippen LogP contribution in [0.5, 0.6) is 5.75 Å². The monoisotopic (exact) mass is 357 g/mol. The van der Waals surface area contributed by atoms with Gasteiger partial charge in [-0.25, -0.2) is 4.39 Å². The van der Waals surface area contributed by atoms with Crippen LogP contribution in [0.1, 0.15) is 22.7 Å². The lowest BCUT2D eigenvalue weighted by Crippen LogP contribution is -2.14. The van der Waals surface area contributed by atoms with E-state index in [0.717, 1.165) is 5.56 Å². The maximum Gasteiger partial charge on any atom is 0.138 e. The minimum Gasteiger partial charge on any atom is -0.495 e. The van der Waals surface area contributed by atoms with E-state index in [2.05, 4.69) is 15.9 Å². The van der Waals surface area contributed by atoms with Crippen molar-refractivity contribution in [3.05, 3.63) is 62.3 Å². The van der Waals surface area contributed by atoms with Crippen molar-refractivity contribution in [2.75, 3.05) is 7.11 Å². The van der Waals surface area contributed by atoms with Crippen LogP contribution in [0.15, 0.2) is 34.8 Å². The minimum atomic E-state index is -0.519. The van der Waals surface area contributed by atoms with Crippen LogP contribution in [-0.2, 0) is 0 Å². The van der Waals surface area contributed by atoms with E-state index in [-0.39, 0.29) is 5.82 Å². The second kappa shape index (κ2) is 6.12. The van der Waals surface area contributed by atoms with Gasteiger partial charge in [-0.3, -0.25) is 0 Å². The number of rotatable bonds is 3. The zero-order chi connectivity index (χ0) is 14.9. The predicted octanol–water partition coefficient (Wildman–Crippen LogP) is 4.61. The van der Waals surface area contributed by atoms with Crippen molar-refractivity contribution in [2.24, 2.45) is 5.73 Å². The zero-order valence-corrected chi connectivity index (χ0v) is 13.4. The van der Waals surface area contributed by atoms with Crippen LogP contribution in [0.3, 0.4) is 0 Å². The fourth-order valence-corrected chi connectivity index (χ4v) is 3.15. The largest absolute Gasteiger partial charge is 0.495 e. The Balaban J connectivity index is 2.55. The second-order valence-corrected chi connectivity index (χ2v) is 5.84. The molecule has 1 atom stereocenters. The molecule has 0 saturated heterocycles. The fraction of sp³-hybridized carbons (Fsp3) is 0.200. The standard InChI is InChI=1S/C15H14BrClFNO/c1-8-3-9(5-11(18)4-8)14(19)12-6-10(17)7-13(16)15(12)20-2/h3-7,14H,19H2,1-2H3. The van der Waals surface area contributed by atoms with Gasteiger partial charge >= 0.3 is 0 Å². The summed E-state index contributed by atoms with van der Waals surface area (Å²) in [6.07, 6.45) is 0. The Morgan fingerprint density at radius 2 is 1.95 bits per heavy atom. The lowest BCUT2D eigenvalue weighted by atomic mass is 9.97. The molecule has 0 radical (unpaired) electrons. The molecule has 0 aliphatic heterocycles. The highest BCUT2D eigenvalue weighted by atomic mass is 79.9. The van der Waals surface area contributed by atoms with Crippen LogP contribution in [0.4, 0.5) is 4.39 Å². The number of halogens is 3. The Bertz CT molecular complexity index is 628. The summed E-state index contributed by atoms with van der Waals surface area (Å²) in [6.45, 7) is 1.82. The van der Waals surface area contributed by atoms with E-state index in [1.165, 1.54) is 12.1 Å². The van der Waals surface area contributed by atoms with Crippen LogP contribution >= 0.6 is 27.5 Å². The fourth-order valence-electron chi connectivity index (χ4n) is 2.15. The van der Waals surface area contributed by atoms with E-state index in [1.54, 1.807) is 19.2 Å². The number of aryl methyl sites for hydroxylation is 1. The number of methoxy groups -OCH3 is 1. The first-order valence-electron chi connectivity index (χ1n) is 5.98. The molecule has 0 spiro atoms. The zero-order valence-electron chi connectivity index (χ0n) is 11.1. The van der Waals surface area contributed by atoms with Gasteiger partial charge in [-0.1, -0.05) is 17.7 Å². The highest BCUT2D eigenvalue weighted by molar-refractivity contribution is 9.10. The molecule has 0 heterocycles. The Hall–Kier alpha value is -1.10. The van der Waals surface area contributed by atoms with Gasteiger partial charge in [-0.05, 0) is 58.2 Å². The lowest BCUT2D eigenvalue weighted by molar-refractivity contribution is 0.405.